The van der Waals surface area contributed by atoms with Gasteiger partial charge in [-0.05, 0) is 52.2 Å². The second-order valence-electron chi connectivity index (χ2n) is 10.9. The van der Waals surface area contributed by atoms with Crippen molar-refractivity contribution in [2.24, 2.45) is 0 Å². The van der Waals surface area contributed by atoms with E-state index in [9.17, 15) is 24.0 Å². The lowest BCUT2D eigenvalue weighted by Crippen LogP contribution is -2.54. The first kappa shape index (κ1) is 26.3. The number of rotatable bonds is 5. The number of hydrogen-bond donors (Lipinski definition) is 2. The number of nitrogens with zero attached hydrogens (tertiary/aromatic N) is 5. The van der Waals surface area contributed by atoms with Gasteiger partial charge in [0.15, 0.2) is 0 Å². The smallest absolute Gasteiger partial charge is 0.410 e. The molecule has 0 radical (unpaired) electrons. The highest BCUT2D eigenvalue weighted by molar-refractivity contribution is 6.25. The summed E-state index contributed by atoms with van der Waals surface area (Å²) in [5.41, 5.74) is 0.938. The number of ether oxygens (including phenoxy) is 1. The largest absolute Gasteiger partial charge is 0.444 e. The van der Waals surface area contributed by atoms with E-state index in [0.29, 0.717) is 37.3 Å². The van der Waals surface area contributed by atoms with Gasteiger partial charge < -0.3 is 15.0 Å². The van der Waals surface area contributed by atoms with E-state index >= 15 is 0 Å². The predicted octanol–water partition coefficient (Wildman–Crippen LogP) is 1.86. The van der Waals surface area contributed by atoms with E-state index in [1.54, 1.807) is 27.8 Å². The predicted molar refractivity (Wildman–Crippen MR) is 137 cm³/mol. The quantitative estimate of drug-likeness (QED) is 0.544. The van der Waals surface area contributed by atoms with Gasteiger partial charge in [0.2, 0.25) is 11.8 Å². The Morgan fingerprint density at radius 3 is 2.54 bits per heavy atom. The van der Waals surface area contributed by atoms with Crippen molar-refractivity contribution in [2.45, 2.75) is 70.7 Å². The van der Waals surface area contributed by atoms with Crippen LogP contribution < -0.4 is 10.6 Å². The zero-order valence-corrected chi connectivity index (χ0v) is 22.1. The number of anilines is 1. The average Bonchev–Trinajstić information content (AvgIpc) is 3.45. The number of amides is 5. The summed E-state index contributed by atoms with van der Waals surface area (Å²) in [5, 5.41) is 13.9. The first-order valence-corrected chi connectivity index (χ1v) is 13.0. The minimum absolute atomic E-state index is 0.0601. The molecule has 206 valence electrons. The maximum Gasteiger partial charge on any atom is 0.410 e. The summed E-state index contributed by atoms with van der Waals surface area (Å²) in [4.78, 5) is 65.1. The summed E-state index contributed by atoms with van der Waals surface area (Å²) in [6.07, 6.45) is 3.10. The van der Waals surface area contributed by atoms with E-state index in [0.717, 1.165) is 4.90 Å². The molecular formula is C26H31N7O6. The maximum absolute atomic E-state index is 13.3. The van der Waals surface area contributed by atoms with Crippen LogP contribution in [-0.4, -0.2) is 79.2 Å². The van der Waals surface area contributed by atoms with Crippen LogP contribution in [0.5, 0.6) is 0 Å². The lowest BCUT2D eigenvalue weighted by molar-refractivity contribution is -0.136. The highest BCUT2D eigenvalue weighted by atomic mass is 16.6. The van der Waals surface area contributed by atoms with E-state index in [1.807, 2.05) is 27.0 Å². The number of benzene rings is 1. The van der Waals surface area contributed by atoms with Crippen LogP contribution in [0, 0.1) is 0 Å². The van der Waals surface area contributed by atoms with Gasteiger partial charge in [-0.3, -0.25) is 29.4 Å². The molecule has 2 fully saturated rings. The van der Waals surface area contributed by atoms with Crippen LogP contribution >= 0.6 is 0 Å². The number of likely N-dealkylation sites (tertiary alicyclic amines) is 1. The molecule has 2 aromatic rings. The summed E-state index contributed by atoms with van der Waals surface area (Å²) < 4.78 is 7.25. The van der Waals surface area contributed by atoms with Gasteiger partial charge in [-0.1, -0.05) is 11.3 Å². The molecule has 1 atom stereocenters. The third-order valence-electron chi connectivity index (χ3n) is 6.98. The van der Waals surface area contributed by atoms with Crippen molar-refractivity contribution >= 4 is 35.4 Å². The Bertz CT molecular complexity index is 1340. The highest BCUT2D eigenvalue weighted by Crippen LogP contribution is 2.32. The molecule has 1 aromatic carbocycles. The molecule has 39 heavy (non-hydrogen) atoms. The number of carbonyl (C=O) groups excluding carboxylic acids is 5. The van der Waals surface area contributed by atoms with Crippen molar-refractivity contribution in [3.63, 3.8) is 0 Å². The van der Waals surface area contributed by atoms with Gasteiger partial charge in [0.25, 0.3) is 11.8 Å². The van der Waals surface area contributed by atoms with Crippen molar-refractivity contribution in [3.05, 3.63) is 41.2 Å². The topological polar surface area (TPSA) is 156 Å². The molecule has 4 heterocycles. The van der Waals surface area contributed by atoms with Crippen molar-refractivity contribution in [1.29, 1.82) is 0 Å². The summed E-state index contributed by atoms with van der Waals surface area (Å²) in [6.45, 7) is 6.90. The van der Waals surface area contributed by atoms with Gasteiger partial charge in [-0.25, -0.2) is 9.48 Å². The summed E-state index contributed by atoms with van der Waals surface area (Å²) >= 11 is 0. The Kier molecular flexibility index (Phi) is 6.83. The van der Waals surface area contributed by atoms with Crippen LogP contribution in [-0.2, 0) is 20.9 Å². The van der Waals surface area contributed by atoms with Crippen molar-refractivity contribution in [2.75, 3.05) is 18.4 Å². The van der Waals surface area contributed by atoms with Gasteiger partial charge in [-0.15, -0.1) is 5.10 Å². The maximum atomic E-state index is 13.3. The summed E-state index contributed by atoms with van der Waals surface area (Å²) in [6, 6.07) is 3.97. The van der Waals surface area contributed by atoms with Gasteiger partial charge >= 0.3 is 6.09 Å². The average molecular weight is 538 g/mol. The molecule has 1 unspecified atom stereocenters. The fraction of sp³-hybridized carbons (Fsp3) is 0.500. The second kappa shape index (κ2) is 10.1. The molecule has 3 aliphatic rings. The number of piperidine rings is 2. The number of imide groups is 2. The zero-order chi connectivity index (χ0) is 27.9. The normalized spacial score (nSPS) is 20.2. The number of nitrogens with one attached hydrogen (secondary N) is 2. The molecule has 0 spiro atoms. The van der Waals surface area contributed by atoms with E-state index in [1.165, 1.54) is 0 Å². The molecule has 0 saturated carbocycles. The van der Waals surface area contributed by atoms with Crippen molar-refractivity contribution in [1.82, 2.24) is 30.1 Å². The third kappa shape index (κ3) is 5.33. The number of hydrogen-bond acceptors (Lipinski definition) is 9. The highest BCUT2D eigenvalue weighted by Gasteiger charge is 2.45. The van der Waals surface area contributed by atoms with Crippen molar-refractivity contribution in [3.8, 4) is 0 Å². The van der Waals surface area contributed by atoms with E-state index in [-0.39, 0.29) is 42.6 Å². The van der Waals surface area contributed by atoms with Gasteiger partial charge in [0.1, 0.15) is 17.3 Å². The minimum Gasteiger partial charge on any atom is -0.444 e. The molecule has 13 nitrogen and oxygen atoms in total. The number of aromatic nitrogens is 3. The molecule has 0 bridgehead atoms. The molecule has 2 saturated heterocycles. The summed E-state index contributed by atoms with van der Waals surface area (Å²) in [7, 11) is 0. The monoisotopic (exact) mass is 537 g/mol. The molecular weight excluding hydrogens is 506 g/mol. The lowest BCUT2D eigenvalue weighted by Gasteiger charge is -2.33. The van der Waals surface area contributed by atoms with Gasteiger partial charge in [0, 0.05) is 25.2 Å². The SMILES string of the molecule is CC(C)(C)OC(=O)N1CCC(n2cc(CNc3cccc4c3C(=O)N(C3CCC(=O)NC3=O)C4=O)nn2)CC1. The number of fused-ring (bicyclic) bond motifs is 1. The Balaban J connectivity index is 1.21. The second-order valence-corrected chi connectivity index (χ2v) is 10.9. The van der Waals surface area contributed by atoms with Crippen LogP contribution in [0.3, 0.4) is 0 Å². The number of carbonyl (C=O) groups is 5. The van der Waals surface area contributed by atoms with E-state index in [4.69, 9.17) is 4.74 Å². The van der Waals surface area contributed by atoms with E-state index in [2.05, 4.69) is 20.9 Å². The Morgan fingerprint density at radius 1 is 1.10 bits per heavy atom. The fourth-order valence-corrected chi connectivity index (χ4v) is 5.06. The Morgan fingerprint density at radius 2 is 1.85 bits per heavy atom. The van der Waals surface area contributed by atoms with Gasteiger partial charge in [0.05, 0.1) is 29.9 Å². The van der Waals surface area contributed by atoms with Crippen LogP contribution in [0.2, 0.25) is 0 Å². The fourth-order valence-electron chi connectivity index (χ4n) is 5.06. The first-order valence-electron chi connectivity index (χ1n) is 13.0. The molecule has 0 aliphatic carbocycles. The molecule has 3 aliphatic heterocycles. The molecule has 1 aromatic heterocycles. The minimum atomic E-state index is -1.02. The van der Waals surface area contributed by atoms with Crippen LogP contribution in [0.25, 0.3) is 0 Å². The van der Waals surface area contributed by atoms with Crippen LogP contribution in [0.4, 0.5) is 10.5 Å². The molecule has 2 N–H and O–H groups in total. The van der Waals surface area contributed by atoms with Crippen LogP contribution in [0.1, 0.15) is 78.9 Å². The van der Waals surface area contributed by atoms with Crippen LogP contribution in [0.15, 0.2) is 24.4 Å². The Labute approximate surface area is 224 Å². The van der Waals surface area contributed by atoms with E-state index < -0.39 is 35.3 Å². The first-order chi connectivity index (χ1) is 18.5. The van der Waals surface area contributed by atoms with Gasteiger partial charge in [-0.2, -0.15) is 0 Å². The lowest BCUT2D eigenvalue weighted by atomic mass is 10.0. The summed E-state index contributed by atoms with van der Waals surface area (Å²) in [5.74, 6) is -2.20. The van der Waals surface area contributed by atoms with Crippen molar-refractivity contribution < 1.29 is 28.7 Å². The zero-order valence-electron chi connectivity index (χ0n) is 22.1. The Hall–Kier alpha value is -4.29. The molecule has 13 heteroatoms. The molecule has 5 rings (SSSR count). The third-order valence-corrected chi connectivity index (χ3v) is 6.98. The standard InChI is InChI=1S/C26H31N7O6/c1-26(2,3)39-25(38)31-11-9-16(10-12-31)32-14-15(29-30-32)13-27-18-6-4-5-17-21(18)24(37)33(23(17)36)19-7-8-20(34)28-22(19)35/h4-6,14,16,19,27H,7-13H2,1-3H3,(H,28,34,35). The molecule has 5 amide bonds.